The summed E-state index contributed by atoms with van der Waals surface area (Å²) in [7, 11) is 0. The average molecular weight is 601 g/mol. The van der Waals surface area contributed by atoms with E-state index in [-0.39, 0.29) is 0 Å². The second-order valence-electron chi connectivity index (χ2n) is 11.9. The summed E-state index contributed by atoms with van der Waals surface area (Å²) < 4.78 is 0. The first-order valence-electron chi connectivity index (χ1n) is 15.9. The van der Waals surface area contributed by atoms with Crippen molar-refractivity contribution < 1.29 is 0 Å². The minimum atomic E-state index is 1.02. The van der Waals surface area contributed by atoms with Gasteiger partial charge in [-0.15, -0.1) is 0 Å². The Morgan fingerprint density at radius 3 is 1.53 bits per heavy atom. The number of fused-ring (bicyclic) bond motifs is 4. The van der Waals surface area contributed by atoms with Crippen LogP contribution in [0.5, 0.6) is 0 Å². The molecule has 224 valence electrons. The monoisotopic (exact) mass is 600 g/mol. The van der Waals surface area contributed by atoms with Gasteiger partial charge in [-0.3, -0.25) is 0 Å². The fourth-order valence-electron chi connectivity index (χ4n) is 7.66. The molecule has 6 aromatic carbocycles. The molecule has 6 aromatic rings. The van der Waals surface area contributed by atoms with Crippen molar-refractivity contribution in [1.82, 2.24) is 0 Å². The molecule has 0 saturated carbocycles. The van der Waals surface area contributed by atoms with Crippen LogP contribution in [0.3, 0.4) is 0 Å². The number of hydrogen-bond donors (Lipinski definition) is 0. The lowest BCUT2D eigenvalue weighted by molar-refractivity contribution is 1.49. The third-order valence-electron chi connectivity index (χ3n) is 9.70. The lowest BCUT2D eigenvalue weighted by atomic mass is 9.83. The van der Waals surface area contributed by atoms with Crippen molar-refractivity contribution in [3.63, 3.8) is 0 Å². The van der Waals surface area contributed by atoms with Gasteiger partial charge in [0.1, 0.15) is 0 Å². The SMILES string of the molecule is C=Cc1cccc(-c2ccc(-c3ccc4c(c3C=C)C(=C)c3c-4c(-c4ccccc4)c4ccccc4c3C)c(C=C)c2C=C)c1C=C. The van der Waals surface area contributed by atoms with E-state index in [1.165, 1.54) is 44.2 Å². The second-order valence-corrected chi connectivity index (χ2v) is 11.9. The van der Waals surface area contributed by atoms with Crippen molar-refractivity contribution in [2.75, 3.05) is 0 Å². The van der Waals surface area contributed by atoms with Gasteiger partial charge in [0.15, 0.2) is 0 Å². The molecule has 0 aliphatic heterocycles. The second kappa shape index (κ2) is 11.7. The van der Waals surface area contributed by atoms with Crippen molar-refractivity contribution in [3.05, 3.63) is 181 Å². The Kier molecular flexibility index (Phi) is 7.43. The number of hydrogen-bond acceptors (Lipinski definition) is 0. The maximum absolute atomic E-state index is 4.75. The van der Waals surface area contributed by atoms with Crippen LogP contribution in [0.2, 0.25) is 0 Å². The summed E-state index contributed by atoms with van der Waals surface area (Å²) in [6, 6.07) is 34.6. The molecule has 0 nitrogen and oxygen atoms in total. The first kappa shape index (κ1) is 29.7. The van der Waals surface area contributed by atoms with E-state index in [2.05, 4.69) is 137 Å². The van der Waals surface area contributed by atoms with Gasteiger partial charge in [0.05, 0.1) is 0 Å². The van der Waals surface area contributed by atoms with E-state index >= 15 is 0 Å². The topological polar surface area (TPSA) is 0 Å². The lowest BCUT2D eigenvalue weighted by Gasteiger charge is -2.20. The minimum absolute atomic E-state index is 1.02. The van der Waals surface area contributed by atoms with Gasteiger partial charge in [0.2, 0.25) is 0 Å². The van der Waals surface area contributed by atoms with Crippen LogP contribution in [-0.2, 0) is 0 Å². The summed E-state index contributed by atoms with van der Waals surface area (Å²) in [5.74, 6) is 0. The molecule has 0 N–H and O–H groups in total. The molecule has 0 bridgehead atoms. The van der Waals surface area contributed by atoms with Crippen LogP contribution >= 0.6 is 0 Å². The zero-order valence-electron chi connectivity index (χ0n) is 26.9. The van der Waals surface area contributed by atoms with Crippen molar-refractivity contribution >= 4 is 46.7 Å². The molecule has 0 radical (unpaired) electrons. The van der Waals surface area contributed by atoms with Crippen LogP contribution in [0.1, 0.15) is 44.5 Å². The molecule has 1 aliphatic carbocycles. The Bertz CT molecular complexity index is 2340. The van der Waals surface area contributed by atoms with E-state index in [1.54, 1.807) is 0 Å². The normalized spacial score (nSPS) is 11.6. The Balaban J connectivity index is 1.51. The van der Waals surface area contributed by atoms with Crippen molar-refractivity contribution in [2.45, 2.75) is 6.92 Å². The molecule has 0 fully saturated rings. The lowest BCUT2D eigenvalue weighted by Crippen LogP contribution is -1.97. The van der Waals surface area contributed by atoms with Gasteiger partial charge in [-0.1, -0.05) is 167 Å². The molecule has 1 aliphatic rings. The molecule has 0 amide bonds. The molecule has 0 atom stereocenters. The molecule has 0 aromatic heterocycles. The quantitative estimate of drug-likeness (QED) is 0.163. The number of benzene rings is 6. The van der Waals surface area contributed by atoms with E-state index in [9.17, 15) is 0 Å². The van der Waals surface area contributed by atoms with E-state index in [0.717, 1.165) is 61.2 Å². The molecule has 0 heteroatoms. The first-order chi connectivity index (χ1) is 23.0. The van der Waals surface area contributed by atoms with Crippen LogP contribution in [0, 0.1) is 6.92 Å². The maximum atomic E-state index is 4.75. The van der Waals surface area contributed by atoms with E-state index in [1.807, 2.05) is 30.4 Å². The third-order valence-corrected chi connectivity index (χ3v) is 9.70. The standard InChI is InChI=1S/C47H36/c1-8-31-21-18-24-38(33(31)9-2)39-25-26-40(35(11-4)34(39)10-3)41-27-28-43-45(36(41)12-5)30(7)44-29(6)37-22-16-17-23-42(37)46(47(43)44)32-19-14-13-15-20-32/h8-28H,1-5,7H2,6H3. The Morgan fingerprint density at radius 2 is 0.936 bits per heavy atom. The van der Waals surface area contributed by atoms with Gasteiger partial charge >= 0.3 is 0 Å². The van der Waals surface area contributed by atoms with E-state index < -0.39 is 0 Å². The van der Waals surface area contributed by atoms with Gasteiger partial charge in [-0.25, -0.2) is 0 Å². The van der Waals surface area contributed by atoms with Crippen LogP contribution in [-0.4, -0.2) is 0 Å². The number of aryl methyl sites for hydroxylation is 1. The Labute approximate surface area is 278 Å². The van der Waals surface area contributed by atoms with E-state index in [4.69, 9.17) is 6.58 Å². The van der Waals surface area contributed by atoms with Crippen LogP contribution < -0.4 is 0 Å². The average Bonchev–Trinajstić information content (AvgIpc) is 3.42. The molecule has 0 saturated heterocycles. The molecule has 47 heavy (non-hydrogen) atoms. The fraction of sp³-hybridized carbons (Fsp3) is 0.0213. The Morgan fingerprint density at radius 1 is 0.404 bits per heavy atom. The highest BCUT2D eigenvalue weighted by Gasteiger charge is 2.32. The predicted octanol–water partition coefficient (Wildman–Crippen LogP) is 13.4. The highest BCUT2D eigenvalue weighted by Crippen LogP contribution is 2.55. The molecule has 0 heterocycles. The zero-order chi connectivity index (χ0) is 32.8. The summed E-state index contributed by atoms with van der Waals surface area (Å²) in [4.78, 5) is 0. The minimum Gasteiger partial charge on any atom is -0.0984 e. The molecule has 7 rings (SSSR count). The summed E-state index contributed by atoms with van der Waals surface area (Å²) in [6.07, 6.45) is 9.63. The number of rotatable bonds is 8. The third kappa shape index (κ3) is 4.37. The van der Waals surface area contributed by atoms with Crippen molar-refractivity contribution in [3.8, 4) is 44.5 Å². The van der Waals surface area contributed by atoms with E-state index in [0.29, 0.717) is 0 Å². The van der Waals surface area contributed by atoms with Gasteiger partial charge in [0.25, 0.3) is 0 Å². The maximum Gasteiger partial charge on any atom is -0.00112 e. The predicted molar refractivity (Wildman–Crippen MR) is 209 cm³/mol. The summed E-state index contributed by atoms with van der Waals surface area (Å²) in [5, 5.41) is 2.50. The Hall–Kier alpha value is -5.98. The summed E-state index contributed by atoms with van der Waals surface area (Å²) in [6.45, 7) is 28.0. The molecule has 0 unspecified atom stereocenters. The van der Waals surface area contributed by atoms with Gasteiger partial charge in [-0.2, -0.15) is 0 Å². The summed E-state index contributed by atoms with van der Waals surface area (Å²) >= 11 is 0. The fourth-order valence-corrected chi connectivity index (χ4v) is 7.66. The highest BCUT2D eigenvalue weighted by molar-refractivity contribution is 6.17. The largest absolute Gasteiger partial charge is 0.0984 e. The van der Waals surface area contributed by atoms with Gasteiger partial charge < -0.3 is 0 Å². The smallest absolute Gasteiger partial charge is 0.00112 e. The first-order valence-corrected chi connectivity index (χ1v) is 15.9. The molecule has 0 spiro atoms. The van der Waals surface area contributed by atoms with Gasteiger partial charge in [-0.05, 0) is 112 Å². The van der Waals surface area contributed by atoms with Crippen molar-refractivity contribution in [2.24, 2.45) is 0 Å². The highest BCUT2D eigenvalue weighted by atomic mass is 14.3. The molecular formula is C47H36. The van der Waals surface area contributed by atoms with Crippen LogP contribution in [0.4, 0.5) is 0 Å². The zero-order valence-corrected chi connectivity index (χ0v) is 26.9. The van der Waals surface area contributed by atoms with Crippen LogP contribution in [0.25, 0.3) is 91.2 Å². The molecular weight excluding hydrogens is 565 g/mol. The van der Waals surface area contributed by atoms with Gasteiger partial charge in [0, 0.05) is 0 Å². The summed E-state index contributed by atoms with van der Waals surface area (Å²) in [5.41, 5.74) is 19.0. The van der Waals surface area contributed by atoms with Crippen molar-refractivity contribution in [1.29, 1.82) is 0 Å². The van der Waals surface area contributed by atoms with Crippen LogP contribution in [0.15, 0.2) is 137 Å².